The maximum absolute atomic E-state index is 9.00. The van der Waals surface area contributed by atoms with Gasteiger partial charge in [-0.1, -0.05) is 0 Å². The minimum Gasteiger partial charge on any atom is -0.481 e. The van der Waals surface area contributed by atoms with E-state index in [1.165, 1.54) is 0 Å². The van der Waals surface area contributed by atoms with Crippen LogP contribution in [0.5, 0.6) is 0 Å². The second-order valence-electron chi connectivity index (χ2n) is 3.63. The van der Waals surface area contributed by atoms with Crippen LogP contribution in [0.25, 0.3) is 0 Å². The van der Waals surface area contributed by atoms with E-state index in [1.54, 1.807) is 0 Å². The molecule has 0 spiro atoms. The van der Waals surface area contributed by atoms with Gasteiger partial charge in [0.05, 0.1) is 0 Å². The Morgan fingerprint density at radius 1 is 0.303 bits per heavy atom. The van der Waals surface area contributed by atoms with Crippen LogP contribution in [0.4, 0.5) is 0 Å². The SMILES string of the molecule is CC(=O)O.CC(=O)O.CC(=O)O.CC(=O)O.CC(=O)O.CC(=O)O.CC(=O)O.O.O.[Cr].[Cr].[Cr]. The Bertz CT molecular complexity index is 323. The molecule has 0 atom stereocenters. The average molecular weight is 612 g/mol. The largest absolute Gasteiger partial charge is 0.481 e. The fourth-order valence-corrected chi connectivity index (χ4v) is 0. The molecule has 0 fully saturated rings. The topological polar surface area (TPSA) is 324 Å². The minimum atomic E-state index is -0.833. The zero-order valence-corrected chi connectivity index (χ0v) is 22.5. The third-order valence-corrected chi connectivity index (χ3v) is 0. The maximum atomic E-state index is 9.00. The van der Waals surface area contributed by atoms with Crippen LogP contribution in [0, 0.1) is 0 Å². The van der Waals surface area contributed by atoms with E-state index in [1.807, 2.05) is 0 Å². The summed E-state index contributed by atoms with van der Waals surface area (Å²) in [4.78, 5) is 63.0. The quantitative estimate of drug-likeness (QED) is 0.172. The number of hydrogen-bond donors (Lipinski definition) is 7. The van der Waals surface area contributed by atoms with Gasteiger partial charge in [0.1, 0.15) is 0 Å². The fraction of sp³-hybridized carbons (Fsp3) is 0.500. The average Bonchev–Trinajstić information content (AvgIpc) is 2.20. The zero-order valence-electron chi connectivity index (χ0n) is 18.7. The third-order valence-electron chi connectivity index (χ3n) is 0. The van der Waals surface area contributed by atoms with Crippen LogP contribution in [0.1, 0.15) is 48.5 Å². The van der Waals surface area contributed by atoms with Crippen molar-refractivity contribution in [3.8, 4) is 0 Å². The molecule has 0 aromatic heterocycles. The molecular weight excluding hydrogens is 580 g/mol. The summed E-state index contributed by atoms with van der Waals surface area (Å²) < 4.78 is 0. The van der Waals surface area contributed by atoms with Crippen molar-refractivity contribution < 1.29 is 132 Å². The predicted molar refractivity (Wildman–Crippen MR) is 100 cm³/mol. The van der Waals surface area contributed by atoms with Crippen molar-refractivity contribution in [2.75, 3.05) is 0 Å². The summed E-state index contributed by atoms with van der Waals surface area (Å²) in [5, 5.41) is 51.9. The molecule has 19 heteroatoms. The Kier molecular flexibility index (Phi) is 164. The van der Waals surface area contributed by atoms with E-state index < -0.39 is 41.8 Å². The summed E-state index contributed by atoms with van der Waals surface area (Å²) in [6.07, 6.45) is 0. The van der Waals surface area contributed by atoms with Crippen molar-refractivity contribution in [3.05, 3.63) is 0 Å². The van der Waals surface area contributed by atoms with Gasteiger partial charge in [0.2, 0.25) is 0 Å². The first kappa shape index (κ1) is 77.4. The van der Waals surface area contributed by atoms with Crippen LogP contribution < -0.4 is 0 Å². The normalized spacial score (nSPS) is 5.30. The van der Waals surface area contributed by atoms with Gasteiger partial charge in [-0.15, -0.1) is 0 Å². The molecule has 202 valence electrons. The van der Waals surface area contributed by atoms with E-state index in [9.17, 15) is 0 Å². The Balaban J connectivity index is -0.0000000152. The summed E-state index contributed by atoms with van der Waals surface area (Å²) in [6.45, 7) is 7.58. The van der Waals surface area contributed by atoms with E-state index in [2.05, 4.69) is 0 Å². The summed E-state index contributed by atoms with van der Waals surface area (Å²) in [5.41, 5.74) is 0. The smallest absolute Gasteiger partial charge is 0.300 e. The van der Waals surface area contributed by atoms with Gasteiger partial charge in [0, 0.05) is 101 Å². The molecular formula is C14H32Cr3O16. The number of carboxylic acids is 7. The standard InChI is InChI=1S/7C2H4O2.3Cr.2H2O/c7*1-2(3)4;;;;;/h7*1H3,(H,3,4);;;;2*1H2. The molecule has 0 aliphatic heterocycles. The van der Waals surface area contributed by atoms with Gasteiger partial charge >= 0.3 is 0 Å². The monoisotopic (exact) mass is 612 g/mol. The van der Waals surface area contributed by atoms with Crippen LogP contribution in [0.2, 0.25) is 0 Å². The molecule has 0 aromatic rings. The number of carboxylic acid groups (broad SMARTS) is 7. The molecule has 0 aliphatic carbocycles. The van der Waals surface area contributed by atoms with Gasteiger partial charge in [-0.3, -0.25) is 33.6 Å². The van der Waals surface area contributed by atoms with Crippen molar-refractivity contribution in [2.45, 2.75) is 48.5 Å². The Hall–Kier alpha value is -2.19. The van der Waals surface area contributed by atoms with Crippen LogP contribution in [-0.2, 0) is 85.6 Å². The van der Waals surface area contributed by atoms with Crippen molar-refractivity contribution >= 4 is 41.8 Å². The summed E-state index contributed by atoms with van der Waals surface area (Å²) in [5.74, 6) is -5.83. The zero-order chi connectivity index (χ0) is 25.0. The first-order valence-electron chi connectivity index (χ1n) is 6.49. The van der Waals surface area contributed by atoms with E-state index >= 15 is 0 Å². The predicted octanol–water partition coefficient (Wildman–Crippen LogP) is -1.02. The van der Waals surface area contributed by atoms with E-state index in [0.29, 0.717) is 0 Å². The Morgan fingerprint density at radius 2 is 0.303 bits per heavy atom. The summed E-state index contributed by atoms with van der Waals surface area (Å²) in [7, 11) is 0. The van der Waals surface area contributed by atoms with Crippen LogP contribution in [0.3, 0.4) is 0 Å². The van der Waals surface area contributed by atoms with E-state index in [0.717, 1.165) is 48.5 Å². The first-order valence-corrected chi connectivity index (χ1v) is 6.49. The molecule has 0 saturated carbocycles. The molecule has 0 radical (unpaired) electrons. The molecule has 0 saturated heterocycles. The molecule has 0 bridgehead atoms. The molecule has 0 rings (SSSR count). The molecule has 11 N–H and O–H groups in total. The maximum Gasteiger partial charge on any atom is 0.300 e. The minimum absolute atomic E-state index is 0. The first-order chi connectivity index (χ1) is 12.1. The van der Waals surface area contributed by atoms with Gasteiger partial charge < -0.3 is 46.7 Å². The van der Waals surface area contributed by atoms with Gasteiger partial charge in [-0.05, 0) is 0 Å². The second kappa shape index (κ2) is 69.9. The Morgan fingerprint density at radius 3 is 0.303 bits per heavy atom. The van der Waals surface area contributed by atoms with Gasteiger partial charge in [-0.25, -0.2) is 0 Å². The number of hydrogen-bond acceptors (Lipinski definition) is 7. The molecule has 33 heavy (non-hydrogen) atoms. The number of aliphatic carboxylic acids is 7. The molecule has 0 aliphatic rings. The van der Waals surface area contributed by atoms with Crippen molar-refractivity contribution in [3.63, 3.8) is 0 Å². The molecule has 16 nitrogen and oxygen atoms in total. The van der Waals surface area contributed by atoms with Crippen molar-refractivity contribution in [1.82, 2.24) is 0 Å². The molecule has 0 amide bonds. The van der Waals surface area contributed by atoms with Crippen LogP contribution >= 0.6 is 0 Å². The van der Waals surface area contributed by atoms with Gasteiger partial charge in [-0.2, -0.15) is 0 Å². The number of rotatable bonds is 0. The van der Waals surface area contributed by atoms with E-state index in [4.69, 9.17) is 69.3 Å². The molecule has 0 aromatic carbocycles. The van der Waals surface area contributed by atoms with Gasteiger partial charge in [0.25, 0.3) is 41.8 Å². The van der Waals surface area contributed by atoms with Crippen LogP contribution in [-0.4, -0.2) is 88.5 Å². The Labute approximate surface area is 222 Å². The number of carbonyl (C=O) groups is 7. The third kappa shape index (κ3) is 4790. The second-order valence-corrected chi connectivity index (χ2v) is 3.63. The van der Waals surface area contributed by atoms with Gasteiger partial charge in [0.15, 0.2) is 0 Å². The van der Waals surface area contributed by atoms with Crippen molar-refractivity contribution in [1.29, 1.82) is 0 Å². The van der Waals surface area contributed by atoms with Crippen LogP contribution in [0.15, 0.2) is 0 Å². The fourth-order valence-electron chi connectivity index (χ4n) is 0. The molecule has 0 heterocycles. The molecule has 0 unspecified atom stereocenters. The summed E-state index contributed by atoms with van der Waals surface area (Å²) >= 11 is 0. The van der Waals surface area contributed by atoms with E-state index in [-0.39, 0.29) is 63.0 Å². The van der Waals surface area contributed by atoms with Crippen molar-refractivity contribution in [2.24, 2.45) is 0 Å². The summed E-state index contributed by atoms with van der Waals surface area (Å²) in [6, 6.07) is 0.